The Morgan fingerprint density at radius 3 is 2.31 bits per heavy atom. The van der Waals surface area contributed by atoms with Crippen LogP contribution in [-0.2, 0) is 15.1 Å². The summed E-state index contributed by atoms with van der Waals surface area (Å²) in [5, 5.41) is 19.0. The predicted octanol–water partition coefficient (Wildman–Crippen LogP) is 4.91. The predicted molar refractivity (Wildman–Crippen MR) is 129 cm³/mol. The molecular formula is C26H28NO3S2+. The maximum absolute atomic E-state index is 13.4. The van der Waals surface area contributed by atoms with Gasteiger partial charge in [0.05, 0.1) is 19.6 Å². The fourth-order valence-corrected chi connectivity index (χ4v) is 6.55. The summed E-state index contributed by atoms with van der Waals surface area (Å²) in [5.74, 6) is -0.169. The van der Waals surface area contributed by atoms with E-state index in [1.807, 2.05) is 39.7 Å². The first-order valence-electron chi connectivity index (χ1n) is 11.1. The smallest absolute Gasteiger partial charge is 0.348 e. The van der Waals surface area contributed by atoms with Crippen LogP contribution in [0.3, 0.4) is 0 Å². The Kier molecular flexibility index (Phi) is 6.03. The van der Waals surface area contributed by atoms with Gasteiger partial charge in [-0.3, -0.25) is 0 Å². The second-order valence-corrected chi connectivity index (χ2v) is 10.5. The Labute approximate surface area is 197 Å². The van der Waals surface area contributed by atoms with Crippen LogP contribution in [0, 0.1) is 5.92 Å². The van der Waals surface area contributed by atoms with E-state index in [4.69, 9.17) is 4.74 Å². The molecule has 3 fully saturated rings. The number of aliphatic hydroxyl groups is 1. The average Bonchev–Trinajstić information content (AvgIpc) is 3.55. The number of quaternary nitrogens is 1. The molecule has 32 heavy (non-hydrogen) atoms. The summed E-state index contributed by atoms with van der Waals surface area (Å²) >= 11 is 2.94. The normalized spacial score (nSPS) is 25.3. The molecule has 1 unspecified atom stereocenters. The number of piperidine rings is 3. The lowest BCUT2D eigenvalue weighted by Gasteiger charge is -2.52. The van der Waals surface area contributed by atoms with Crippen molar-refractivity contribution in [3.63, 3.8) is 0 Å². The molecule has 3 saturated heterocycles. The van der Waals surface area contributed by atoms with Gasteiger partial charge in [-0.25, -0.2) is 4.79 Å². The van der Waals surface area contributed by atoms with Gasteiger partial charge < -0.3 is 14.3 Å². The van der Waals surface area contributed by atoms with Gasteiger partial charge in [0, 0.05) is 29.9 Å². The third-order valence-corrected chi connectivity index (χ3v) is 8.44. The number of rotatable bonds is 7. The second kappa shape index (κ2) is 8.94. The van der Waals surface area contributed by atoms with Gasteiger partial charge in [0.1, 0.15) is 6.54 Å². The molecule has 6 rings (SSSR count). The molecule has 5 heterocycles. The van der Waals surface area contributed by atoms with Crippen LogP contribution in [-0.4, -0.2) is 47.8 Å². The molecule has 3 aliphatic rings. The fourth-order valence-electron chi connectivity index (χ4n) is 5.15. The molecule has 6 heteroatoms. The number of hydrogen-bond acceptors (Lipinski definition) is 5. The van der Waals surface area contributed by atoms with E-state index in [-0.39, 0.29) is 6.10 Å². The van der Waals surface area contributed by atoms with Gasteiger partial charge in [0.15, 0.2) is 6.10 Å². The van der Waals surface area contributed by atoms with Gasteiger partial charge in [0.25, 0.3) is 0 Å². The highest BCUT2D eigenvalue weighted by molar-refractivity contribution is 7.08. The number of fused-ring (bicyclic) bond motifs is 3. The lowest BCUT2D eigenvalue weighted by Crippen LogP contribution is -2.64. The first-order valence-corrected chi connectivity index (χ1v) is 13.0. The minimum atomic E-state index is -1.75. The van der Waals surface area contributed by atoms with Gasteiger partial charge in [0.2, 0.25) is 5.60 Å². The van der Waals surface area contributed by atoms with Crippen LogP contribution in [0.2, 0.25) is 0 Å². The number of carbonyl (C=O) groups is 1. The number of esters is 1. The molecule has 0 aliphatic carbocycles. The first kappa shape index (κ1) is 21.6. The van der Waals surface area contributed by atoms with Gasteiger partial charge >= 0.3 is 5.97 Å². The number of carbonyl (C=O) groups excluding carboxylic acids is 1. The van der Waals surface area contributed by atoms with Gasteiger partial charge in [-0.2, -0.15) is 22.7 Å². The summed E-state index contributed by atoms with van der Waals surface area (Å²) < 4.78 is 7.06. The SMILES string of the molecule is O=C(OC1C[N+]2(C/C=C/c3ccccc3)CCC1CC2)C(O)(c1ccsc1)c1ccsc1. The zero-order valence-electron chi connectivity index (χ0n) is 17.9. The molecule has 2 aromatic heterocycles. The van der Waals surface area contributed by atoms with Crippen molar-refractivity contribution in [1.82, 2.24) is 0 Å². The van der Waals surface area contributed by atoms with E-state index in [0.29, 0.717) is 17.0 Å². The van der Waals surface area contributed by atoms with E-state index in [2.05, 4.69) is 36.4 Å². The van der Waals surface area contributed by atoms with Crippen molar-refractivity contribution in [2.75, 3.05) is 26.2 Å². The van der Waals surface area contributed by atoms with Crippen molar-refractivity contribution < 1.29 is 19.1 Å². The Morgan fingerprint density at radius 1 is 1.06 bits per heavy atom. The maximum Gasteiger partial charge on any atom is 0.348 e. The quantitative estimate of drug-likeness (QED) is 0.398. The monoisotopic (exact) mass is 466 g/mol. The van der Waals surface area contributed by atoms with Gasteiger partial charge in [-0.05, 0) is 45.3 Å². The summed E-state index contributed by atoms with van der Waals surface area (Å²) in [6.07, 6.45) is 6.41. The molecule has 4 nitrogen and oxygen atoms in total. The Morgan fingerprint density at radius 2 is 1.72 bits per heavy atom. The van der Waals surface area contributed by atoms with Crippen LogP contribution in [0.4, 0.5) is 0 Å². The van der Waals surface area contributed by atoms with E-state index >= 15 is 0 Å². The van der Waals surface area contributed by atoms with Crippen LogP contribution < -0.4 is 0 Å². The third kappa shape index (κ3) is 4.08. The molecule has 3 aliphatic heterocycles. The molecule has 3 aromatic rings. The van der Waals surface area contributed by atoms with Gasteiger partial charge in [-0.1, -0.05) is 36.4 Å². The minimum Gasteiger partial charge on any atom is -0.453 e. The molecule has 1 atom stereocenters. The maximum atomic E-state index is 13.4. The van der Waals surface area contributed by atoms with Crippen molar-refractivity contribution in [3.05, 3.63) is 86.8 Å². The van der Waals surface area contributed by atoms with E-state index in [1.165, 1.54) is 28.2 Å². The standard InChI is InChI=1S/C26H28NO3S2/c28-25(26(29,22-10-15-31-18-22)23-11-16-32-19-23)30-24-17-27(13-8-21(24)9-14-27)12-4-7-20-5-2-1-3-6-20/h1-7,10-11,15-16,18-19,21,24,29H,8-9,12-14,17H2/q+1/b7-4+. The number of thiophene rings is 2. The van der Waals surface area contributed by atoms with Crippen molar-refractivity contribution in [2.45, 2.75) is 24.5 Å². The highest BCUT2D eigenvalue weighted by Gasteiger charge is 2.50. The van der Waals surface area contributed by atoms with Crippen LogP contribution in [0.5, 0.6) is 0 Å². The van der Waals surface area contributed by atoms with Crippen molar-refractivity contribution in [2.24, 2.45) is 5.92 Å². The topological polar surface area (TPSA) is 46.5 Å². The molecule has 1 N–H and O–H groups in total. The molecule has 0 amide bonds. The summed E-state index contributed by atoms with van der Waals surface area (Å²) in [4.78, 5) is 13.4. The lowest BCUT2D eigenvalue weighted by molar-refractivity contribution is -0.941. The largest absolute Gasteiger partial charge is 0.453 e. The molecule has 0 radical (unpaired) electrons. The van der Waals surface area contributed by atoms with Crippen LogP contribution in [0.15, 0.2) is 70.1 Å². The van der Waals surface area contributed by atoms with Crippen molar-refractivity contribution >= 4 is 34.7 Å². The summed E-state index contributed by atoms with van der Waals surface area (Å²) in [6.45, 7) is 4.00. The number of nitrogens with zero attached hydrogens (tertiary/aromatic N) is 1. The number of hydrogen-bond donors (Lipinski definition) is 1. The van der Waals surface area contributed by atoms with E-state index < -0.39 is 11.6 Å². The second-order valence-electron chi connectivity index (χ2n) is 8.98. The molecule has 0 saturated carbocycles. The third-order valence-electron chi connectivity index (χ3n) is 7.08. The highest BCUT2D eigenvalue weighted by atomic mass is 32.1. The van der Waals surface area contributed by atoms with E-state index in [9.17, 15) is 9.90 Å². The first-order chi connectivity index (χ1) is 15.6. The molecule has 0 spiro atoms. The summed E-state index contributed by atoms with van der Waals surface area (Å²) in [6, 6.07) is 14.0. The highest BCUT2D eigenvalue weighted by Crippen LogP contribution is 2.39. The van der Waals surface area contributed by atoms with Gasteiger partial charge in [-0.15, -0.1) is 0 Å². The number of benzene rings is 1. The molecule has 1 aromatic carbocycles. The van der Waals surface area contributed by atoms with Crippen LogP contribution in [0.25, 0.3) is 6.08 Å². The van der Waals surface area contributed by atoms with E-state index in [1.54, 1.807) is 0 Å². The number of ether oxygens (including phenoxy) is 1. The average molecular weight is 467 g/mol. The zero-order chi connectivity index (χ0) is 22.0. The fraction of sp³-hybridized carbons (Fsp3) is 0.346. The van der Waals surface area contributed by atoms with Crippen molar-refractivity contribution in [1.29, 1.82) is 0 Å². The lowest BCUT2D eigenvalue weighted by atomic mass is 9.82. The Balaban J connectivity index is 1.32. The van der Waals surface area contributed by atoms with E-state index in [0.717, 1.165) is 43.5 Å². The molecule has 2 bridgehead atoms. The van der Waals surface area contributed by atoms with Crippen LogP contribution >= 0.6 is 22.7 Å². The Hall–Kier alpha value is -2.25. The van der Waals surface area contributed by atoms with Crippen molar-refractivity contribution in [3.8, 4) is 0 Å². The van der Waals surface area contributed by atoms with Crippen LogP contribution in [0.1, 0.15) is 29.5 Å². The molecule has 166 valence electrons. The molecular weight excluding hydrogens is 438 g/mol. The summed E-state index contributed by atoms with van der Waals surface area (Å²) in [5.41, 5.74) is 0.630. The minimum absolute atomic E-state index is 0.154. The summed E-state index contributed by atoms with van der Waals surface area (Å²) in [7, 11) is 0. The zero-order valence-corrected chi connectivity index (χ0v) is 19.6. The Bertz CT molecular complexity index is 1020.